The highest BCUT2D eigenvalue weighted by Gasteiger charge is 2.26. The van der Waals surface area contributed by atoms with E-state index in [4.69, 9.17) is 10.7 Å². The van der Waals surface area contributed by atoms with Crippen LogP contribution in [0.2, 0.25) is 0 Å². The van der Waals surface area contributed by atoms with Gasteiger partial charge in [-0.15, -0.1) is 0 Å². The molecular weight excluding hydrogens is 456 g/mol. The zero-order valence-corrected chi connectivity index (χ0v) is 20.1. The Bertz CT molecular complexity index is 1880. The number of aromatic nitrogens is 1. The second-order valence-corrected chi connectivity index (χ2v) is 9.41. The van der Waals surface area contributed by atoms with E-state index in [9.17, 15) is 4.79 Å². The molecule has 0 saturated carbocycles. The topological polar surface area (TPSA) is 83.3 Å². The number of carbonyl (C=O) groups excluding carboxylic acids is 1. The summed E-state index contributed by atoms with van der Waals surface area (Å²) in [6.07, 6.45) is 0.701. The van der Waals surface area contributed by atoms with Crippen LogP contribution in [0.3, 0.4) is 0 Å². The van der Waals surface area contributed by atoms with Crippen LogP contribution >= 0.6 is 0 Å². The van der Waals surface area contributed by atoms with Crippen molar-refractivity contribution in [1.82, 2.24) is 4.98 Å². The van der Waals surface area contributed by atoms with Crippen LogP contribution in [0.5, 0.6) is 0 Å². The molecule has 5 aromatic carbocycles. The minimum atomic E-state index is -0.208. The highest BCUT2D eigenvalue weighted by atomic mass is 16.1. The number of para-hydroxylation sites is 1. The van der Waals surface area contributed by atoms with Gasteiger partial charge in [-0.3, -0.25) is 9.79 Å². The number of aromatic amines is 1. The number of aliphatic imine (C=N–C) groups is 1. The molecule has 1 aliphatic heterocycles. The number of rotatable bonds is 4. The number of amides is 1. The third kappa shape index (κ3) is 3.44. The van der Waals surface area contributed by atoms with E-state index >= 15 is 0 Å². The van der Waals surface area contributed by atoms with Crippen molar-refractivity contribution in [1.29, 1.82) is 0 Å². The first-order valence-electron chi connectivity index (χ1n) is 12.4. The predicted octanol–water partition coefficient (Wildman–Crippen LogP) is 6.72. The van der Waals surface area contributed by atoms with E-state index in [-0.39, 0.29) is 12.5 Å². The molecule has 1 amide bonds. The lowest BCUT2D eigenvalue weighted by atomic mass is 9.92. The number of hydrogen-bond donors (Lipinski definition) is 3. The molecule has 2 heterocycles. The summed E-state index contributed by atoms with van der Waals surface area (Å²) in [5.41, 5.74) is 14.0. The molecule has 0 fully saturated rings. The molecule has 6 aromatic rings. The lowest BCUT2D eigenvalue weighted by molar-refractivity contribution is -0.114. The van der Waals surface area contributed by atoms with Gasteiger partial charge < -0.3 is 16.0 Å². The van der Waals surface area contributed by atoms with Crippen LogP contribution in [0.15, 0.2) is 102 Å². The lowest BCUT2D eigenvalue weighted by Crippen LogP contribution is -2.21. The molecule has 0 spiro atoms. The van der Waals surface area contributed by atoms with Crippen molar-refractivity contribution >= 4 is 55.4 Å². The molecule has 1 aliphatic rings. The van der Waals surface area contributed by atoms with Gasteiger partial charge in [0.2, 0.25) is 5.91 Å². The summed E-state index contributed by atoms with van der Waals surface area (Å²) in [5, 5.41) is 8.62. The summed E-state index contributed by atoms with van der Waals surface area (Å²) in [6, 6.07) is 33.3. The summed E-state index contributed by atoms with van der Waals surface area (Å²) in [5.74, 6) is -0.208. The number of benzene rings is 5. The highest BCUT2D eigenvalue weighted by Crippen LogP contribution is 2.45. The zero-order valence-electron chi connectivity index (χ0n) is 20.1. The monoisotopic (exact) mass is 480 g/mol. The lowest BCUT2D eigenvalue weighted by Gasteiger charge is -2.12. The number of fused-ring (bicyclic) bond motifs is 7. The van der Waals surface area contributed by atoms with Gasteiger partial charge in [0, 0.05) is 34.0 Å². The average Bonchev–Trinajstić information content (AvgIpc) is 3.56. The van der Waals surface area contributed by atoms with Gasteiger partial charge in [-0.2, -0.15) is 0 Å². The Labute approximate surface area is 213 Å². The standard InChI is InChI=1S/C32H24N4O/c33-18-29(37)34-20-14-15-22-21-10-4-5-11-23(21)32-26(25(22)16-20)17-28(36-32)30-24-12-6-7-13-27(24)35-31(30)19-8-2-1-3-9-19/h1-16,35H,17-18,33H2,(H,34,37). The smallest absolute Gasteiger partial charge is 0.238 e. The Kier molecular flexibility index (Phi) is 4.91. The minimum absolute atomic E-state index is 0.0516. The molecule has 7 rings (SSSR count). The number of nitrogens with one attached hydrogen (secondary N) is 2. The molecule has 178 valence electrons. The Balaban J connectivity index is 1.47. The van der Waals surface area contributed by atoms with Crippen LogP contribution in [0.4, 0.5) is 11.4 Å². The van der Waals surface area contributed by atoms with Crippen molar-refractivity contribution in [2.75, 3.05) is 11.9 Å². The van der Waals surface area contributed by atoms with Crippen LogP contribution in [0.25, 0.3) is 43.7 Å². The summed E-state index contributed by atoms with van der Waals surface area (Å²) in [6.45, 7) is -0.0516. The predicted molar refractivity (Wildman–Crippen MR) is 153 cm³/mol. The molecule has 37 heavy (non-hydrogen) atoms. The Morgan fingerprint density at radius 1 is 0.811 bits per heavy atom. The van der Waals surface area contributed by atoms with Gasteiger partial charge in [-0.05, 0) is 45.5 Å². The van der Waals surface area contributed by atoms with Crippen molar-refractivity contribution in [2.24, 2.45) is 10.7 Å². The Morgan fingerprint density at radius 2 is 1.51 bits per heavy atom. The molecule has 1 aromatic heterocycles. The number of H-pyrrole nitrogens is 1. The maximum absolute atomic E-state index is 12.0. The molecule has 0 unspecified atom stereocenters. The van der Waals surface area contributed by atoms with Crippen molar-refractivity contribution in [3.63, 3.8) is 0 Å². The van der Waals surface area contributed by atoms with Gasteiger partial charge in [-0.25, -0.2) is 0 Å². The third-order valence-corrected chi connectivity index (χ3v) is 7.22. The SMILES string of the molecule is NCC(=O)Nc1ccc2c(c1)c1c(c3ccccc32)N=C(c2c(-c3ccccc3)[nH]c3ccccc23)C1. The second-order valence-electron chi connectivity index (χ2n) is 9.41. The number of carbonyl (C=O) groups is 1. The maximum atomic E-state index is 12.0. The zero-order chi connectivity index (χ0) is 24.9. The maximum Gasteiger partial charge on any atom is 0.238 e. The summed E-state index contributed by atoms with van der Waals surface area (Å²) >= 11 is 0. The van der Waals surface area contributed by atoms with E-state index in [0.29, 0.717) is 6.42 Å². The van der Waals surface area contributed by atoms with E-state index in [1.54, 1.807) is 0 Å². The van der Waals surface area contributed by atoms with E-state index in [0.717, 1.165) is 66.4 Å². The Hall–Kier alpha value is -4.74. The molecule has 0 saturated heterocycles. The van der Waals surface area contributed by atoms with Crippen LogP contribution in [-0.2, 0) is 11.2 Å². The average molecular weight is 481 g/mol. The van der Waals surface area contributed by atoms with Crippen LogP contribution in [0.1, 0.15) is 11.1 Å². The van der Waals surface area contributed by atoms with Crippen molar-refractivity contribution < 1.29 is 4.79 Å². The van der Waals surface area contributed by atoms with Gasteiger partial charge in [0.05, 0.1) is 23.6 Å². The van der Waals surface area contributed by atoms with Gasteiger partial charge in [0.25, 0.3) is 0 Å². The van der Waals surface area contributed by atoms with Crippen molar-refractivity contribution in [3.05, 3.63) is 108 Å². The van der Waals surface area contributed by atoms with Gasteiger partial charge in [0.15, 0.2) is 0 Å². The number of anilines is 1. The van der Waals surface area contributed by atoms with Crippen LogP contribution < -0.4 is 11.1 Å². The minimum Gasteiger partial charge on any atom is -0.354 e. The molecule has 4 N–H and O–H groups in total. The number of nitrogens with zero attached hydrogens (tertiary/aromatic N) is 1. The number of nitrogens with two attached hydrogens (primary N) is 1. The largest absolute Gasteiger partial charge is 0.354 e. The summed E-state index contributed by atoms with van der Waals surface area (Å²) in [4.78, 5) is 21.0. The molecule has 0 atom stereocenters. The number of hydrogen-bond acceptors (Lipinski definition) is 3. The summed E-state index contributed by atoms with van der Waals surface area (Å²) in [7, 11) is 0. The highest BCUT2D eigenvalue weighted by molar-refractivity contribution is 6.24. The van der Waals surface area contributed by atoms with Crippen LogP contribution in [0, 0.1) is 0 Å². The fourth-order valence-corrected chi connectivity index (χ4v) is 5.59. The normalized spacial score (nSPS) is 12.7. The fourth-order valence-electron chi connectivity index (χ4n) is 5.59. The van der Waals surface area contributed by atoms with E-state index in [2.05, 4.69) is 95.2 Å². The molecule has 0 radical (unpaired) electrons. The van der Waals surface area contributed by atoms with Crippen molar-refractivity contribution in [3.8, 4) is 11.3 Å². The first-order valence-corrected chi connectivity index (χ1v) is 12.4. The first kappa shape index (κ1) is 21.5. The Morgan fingerprint density at radius 3 is 2.32 bits per heavy atom. The summed E-state index contributed by atoms with van der Waals surface area (Å²) < 4.78 is 0. The molecule has 0 bridgehead atoms. The molecule has 5 heteroatoms. The molecular formula is C32H24N4O. The quantitative estimate of drug-likeness (QED) is 0.245. The van der Waals surface area contributed by atoms with Crippen LogP contribution in [-0.4, -0.2) is 23.1 Å². The first-order chi connectivity index (χ1) is 18.2. The van der Waals surface area contributed by atoms with E-state index in [1.807, 2.05) is 12.1 Å². The van der Waals surface area contributed by atoms with Crippen molar-refractivity contribution in [2.45, 2.75) is 6.42 Å². The van der Waals surface area contributed by atoms with Gasteiger partial charge in [0.1, 0.15) is 0 Å². The van der Waals surface area contributed by atoms with E-state index in [1.165, 1.54) is 5.56 Å². The third-order valence-electron chi connectivity index (χ3n) is 7.22. The van der Waals surface area contributed by atoms with E-state index < -0.39 is 0 Å². The van der Waals surface area contributed by atoms with Gasteiger partial charge >= 0.3 is 0 Å². The molecule has 0 aliphatic carbocycles. The molecule has 5 nitrogen and oxygen atoms in total. The second kappa shape index (κ2) is 8.43. The van der Waals surface area contributed by atoms with Gasteiger partial charge in [-0.1, -0.05) is 78.9 Å². The fraction of sp³-hybridized carbons (Fsp3) is 0.0625.